The van der Waals surface area contributed by atoms with Gasteiger partial charge >= 0.3 is 0 Å². The Balaban J connectivity index is 2.39. The number of aryl methyl sites for hydroxylation is 3. The van der Waals surface area contributed by atoms with E-state index < -0.39 is 0 Å². The van der Waals surface area contributed by atoms with E-state index in [1.165, 1.54) is 0 Å². The molecule has 0 fully saturated rings. The maximum atomic E-state index is 9.53. The Hall–Kier alpha value is -1.62. The average molecular weight is 262 g/mol. The molecule has 1 N–H and O–H groups in total. The number of rotatable bonds is 5. The van der Waals surface area contributed by atoms with E-state index in [1.54, 1.807) is 0 Å². The first-order valence-corrected chi connectivity index (χ1v) is 6.78. The van der Waals surface area contributed by atoms with Crippen molar-refractivity contribution >= 4 is 0 Å². The fraction of sp³-hybridized carbons (Fsp3) is 0.571. The van der Waals surface area contributed by atoms with Crippen LogP contribution in [0.15, 0.2) is 6.07 Å². The van der Waals surface area contributed by atoms with E-state index in [1.807, 2.05) is 23.3 Å². The third-order valence-corrected chi connectivity index (χ3v) is 3.49. The van der Waals surface area contributed by atoms with Gasteiger partial charge in [-0.05, 0) is 25.8 Å². The van der Waals surface area contributed by atoms with Crippen molar-refractivity contribution in [2.24, 2.45) is 7.05 Å². The fourth-order valence-electron chi connectivity index (χ4n) is 2.55. The average Bonchev–Trinajstić information content (AvgIpc) is 2.89. The summed E-state index contributed by atoms with van der Waals surface area (Å²) in [5, 5.41) is 18.5. The second-order valence-corrected chi connectivity index (χ2v) is 4.80. The van der Waals surface area contributed by atoms with Crippen LogP contribution >= 0.6 is 0 Å². The molecular formula is C14H22N4O. The summed E-state index contributed by atoms with van der Waals surface area (Å²) in [4.78, 5) is 0. The first-order chi connectivity index (χ1) is 9.10. The molecule has 0 aliphatic rings. The fourth-order valence-corrected chi connectivity index (χ4v) is 2.55. The zero-order chi connectivity index (χ0) is 14.0. The maximum absolute atomic E-state index is 9.53. The molecule has 0 unspecified atom stereocenters. The minimum atomic E-state index is 0.0662. The molecular weight excluding hydrogens is 240 g/mol. The van der Waals surface area contributed by atoms with Gasteiger partial charge in [-0.1, -0.05) is 13.8 Å². The molecule has 0 saturated heterocycles. The number of aromatic nitrogens is 4. The van der Waals surface area contributed by atoms with E-state index in [-0.39, 0.29) is 6.61 Å². The molecule has 0 saturated carbocycles. The predicted molar refractivity (Wildman–Crippen MR) is 74.0 cm³/mol. The lowest BCUT2D eigenvalue weighted by atomic mass is 10.1. The molecule has 0 spiro atoms. The molecule has 0 radical (unpaired) electrons. The van der Waals surface area contributed by atoms with E-state index in [0.717, 1.165) is 41.2 Å². The van der Waals surface area contributed by atoms with E-state index in [9.17, 15) is 5.11 Å². The van der Waals surface area contributed by atoms with Gasteiger partial charge in [-0.25, -0.2) is 0 Å². The van der Waals surface area contributed by atoms with Crippen LogP contribution in [-0.2, 0) is 33.0 Å². The molecule has 0 aliphatic heterocycles. The van der Waals surface area contributed by atoms with Crippen molar-refractivity contribution < 1.29 is 5.11 Å². The Kier molecular flexibility index (Phi) is 4.04. The van der Waals surface area contributed by atoms with E-state index in [2.05, 4.69) is 30.1 Å². The molecule has 0 amide bonds. The van der Waals surface area contributed by atoms with Crippen molar-refractivity contribution in [2.75, 3.05) is 0 Å². The Morgan fingerprint density at radius 3 is 2.42 bits per heavy atom. The second-order valence-electron chi connectivity index (χ2n) is 4.80. The first kappa shape index (κ1) is 13.8. The van der Waals surface area contributed by atoms with Crippen LogP contribution in [-0.4, -0.2) is 24.7 Å². The Morgan fingerprint density at radius 1 is 1.21 bits per heavy atom. The van der Waals surface area contributed by atoms with Gasteiger partial charge in [0, 0.05) is 18.3 Å². The van der Waals surface area contributed by atoms with Gasteiger partial charge in [0.15, 0.2) is 0 Å². The number of aliphatic hydroxyl groups is 1. The predicted octanol–water partition coefficient (Wildman–Crippen LogP) is 1.59. The van der Waals surface area contributed by atoms with Crippen molar-refractivity contribution in [1.82, 2.24) is 19.6 Å². The van der Waals surface area contributed by atoms with Gasteiger partial charge in [0.05, 0.1) is 30.2 Å². The standard InChI is InChI=1S/C14H22N4O/c1-5-13-12(9-19)14(6-2)18(16-13)8-11-7-10(3)15-17(11)4/h7,19H,5-6,8-9H2,1-4H3. The van der Waals surface area contributed by atoms with Gasteiger partial charge in [0.1, 0.15) is 0 Å². The van der Waals surface area contributed by atoms with Crippen LogP contribution in [0.3, 0.4) is 0 Å². The topological polar surface area (TPSA) is 55.9 Å². The van der Waals surface area contributed by atoms with Crippen molar-refractivity contribution in [3.63, 3.8) is 0 Å². The minimum absolute atomic E-state index is 0.0662. The van der Waals surface area contributed by atoms with Crippen molar-refractivity contribution in [3.05, 3.63) is 34.4 Å². The Labute approximate surface area is 113 Å². The van der Waals surface area contributed by atoms with Gasteiger partial charge in [-0.15, -0.1) is 0 Å². The van der Waals surface area contributed by atoms with Crippen LogP contribution in [0.2, 0.25) is 0 Å². The monoisotopic (exact) mass is 262 g/mol. The number of aliphatic hydroxyl groups excluding tert-OH is 1. The van der Waals surface area contributed by atoms with Gasteiger partial charge < -0.3 is 5.11 Å². The summed E-state index contributed by atoms with van der Waals surface area (Å²) >= 11 is 0. The molecule has 0 atom stereocenters. The zero-order valence-corrected chi connectivity index (χ0v) is 12.1. The number of nitrogens with zero attached hydrogens (tertiary/aromatic N) is 4. The summed E-state index contributed by atoms with van der Waals surface area (Å²) in [7, 11) is 1.95. The Bertz CT molecular complexity index is 568. The van der Waals surface area contributed by atoms with E-state index in [4.69, 9.17) is 0 Å². The SMILES string of the molecule is CCc1nn(Cc2cc(C)nn2C)c(CC)c1CO. The molecule has 0 aliphatic carbocycles. The molecule has 0 aromatic carbocycles. The van der Waals surface area contributed by atoms with Crippen LogP contribution in [0.4, 0.5) is 0 Å². The van der Waals surface area contributed by atoms with E-state index in [0.29, 0.717) is 6.54 Å². The normalized spacial score (nSPS) is 11.2. The van der Waals surface area contributed by atoms with Gasteiger partial charge in [-0.2, -0.15) is 10.2 Å². The Morgan fingerprint density at radius 2 is 1.95 bits per heavy atom. The van der Waals surface area contributed by atoms with E-state index >= 15 is 0 Å². The van der Waals surface area contributed by atoms with Gasteiger partial charge in [0.2, 0.25) is 0 Å². The summed E-state index contributed by atoms with van der Waals surface area (Å²) < 4.78 is 3.89. The van der Waals surface area contributed by atoms with Crippen molar-refractivity contribution in [1.29, 1.82) is 0 Å². The third-order valence-electron chi connectivity index (χ3n) is 3.49. The quantitative estimate of drug-likeness (QED) is 0.890. The summed E-state index contributed by atoms with van der Waals surface area (Å²) in [5.74, 6) is 0. The molecule has 2 aromatic rings. The van der Waals surface area contributed by atoms with Gasteiger partial charge in [-0.3, -0.25) is 9.36 Å². The maximum Gasteiger partial charge on any atom is 0.0831 e. The summed E-state index contributed by atoms with van der Waals surface area (Å²) in [5.41, 5.74) is 5.25. The first-order valence-electron chi connectivity index (χ1n) is 6.78. The van der Waals surface area contributed by atoms with Crippen molar-refractivity contribution in [2.45, 2.75) is 46.8 Å². The molecule has 104 valence electrons. The lowest BCUT2D eigenvalue weighted by Gasteiger charge is -2.07. The highest BCUT2D eigenvalue weighted by Crippen LogP contribution is 2.17. The summed E-state index contributed by atoms with van der Waals surface area (Å²) in [6.45, 7) is 6.92. The molecule has 0 bridgehead atoms. The lowest BCUT2D eigenvalue weighted by molar-refractivity contribution is 0.279. The highest BCUT2D eigenvalue weighted by Gasteiger charge is 2.15. The molecule has 2 rings (SSSR count). The van der Waals surface area contributed by atoms with Crippen LogP contribution in [0, 0.1) is 6.92 Å². The smallest absolute Gasteiger partial charge is 0.0831 e. The van der Waals surface area contributed by atoms with Crippen LogP contribution in [0.25, 0.3) is 0 Å². The number of hydrogen-bond donors (Lipinski definition) is 1. The van der Waals surface area contributed by atoms with Crippen LogP contribution in [0.1, 0.15) is 42.2 Å². The molecule has 19 heavy (non-hydrogen) atoms. The highest BCUT2D eigenvalue weighted by molar-refractivity contribution is 5.26. The lowest BCUT2D eigenvalue weighted by Crippen LogP contribution is -2.10. The van der Waals surface area contributed by atoms with Crippen molar-refractivity contribution in [3.8, 4) is 0 Å². The van der Waals surface area contributed by atoms with Gasteiger partial charge in [0.25, 0.3) is 0 Å². The third kappa shape index (κ3) is 2.56. The summed E-state index contributed by atoms with van der Waals surface area (Å²) in [6.07, 6.45) is 1.72. The molecule has 2 heterocycles. The van der Waals surface area contributed by atoms with Crippen LogP contribution in [0.5, 0.6) is 0 Å². The van der Waals surface area contributed by atoms with Crippen LogP contribution < -0.4 is 0 Å². The summed E-state index contributed by atoms with van der Waals surface area (Å²) in [6, 6.07) is 2.07. The molecule has 2 aromatic heterocycles. The zero-order valence-electron chi connectivity index (χ0n) is 12.1. The molecule has 5 nitrogen and oxygen atoms in total. The molecule has 5 heteroatoms. The second kappa shape index (κ2) is 5.57. The number of hydrogen-bond acceptors (Lipinski definition) is 3. The largest absolute Gasteiger partial charge is 0.392 e. The minimum Gasteiger partial charge on any atom is -0.392 e. The highest BCUT2D eigenvalue weighted by atomic mass is 16.3.